The summed E-state index contributed by atoms with van der Waals surface area (Å²) in [5.41, 5.74) is 6.01. The molecule has 2 aliphatic rings. The number of fused-ring (bicyclic) bond motifs is 3. The van der Waals surface area contributed by atoms with Gasteiger partial charge in [-0.1, -0.05) is 66.2 Å². The average Bonchev–Trinajstić information content (AvgIpc) is 3.35. The number of carbonyl (C=O) groups excluding carboxylic acids is 1. The molecule has 0 fully saturated rings. The van der Waals surface area contributed by atoms with Crippen LogP contribution in [0, 0.1) is 6.92 Å². The minimum atomic E-state index is -0.381. The Bertz CT molecular complexity index is 1400. The number of hydrogen-bond donors (Lipinski definition) is 0. The predicted molar refractivity (Wildman–Crippen MR) is 135 cm³/mol. The Morgan fingerprint density at radius 1 is 0.886 bits per heavy atom. The smallest absolute Gasteiger partial charge is 0.343 e. The van der Waals surface area contributed by atoms with Crippen molar-refractivity contribution in [3.8, 4) is 11.5 Å². The molecule has 4 aromatic rings. The minimum Gasteiger partial charge on any atom is -0.464 e. The minimum absolute atomic E-state index is 0.0943. The van der Waals surface area contributed by atoms with Crippen LogP contribution in [-0.4, -0.2) is 16.7 Å². The van der Waals surface area contributed by atoms with Gasteiger partial charge in [-0.15, -0.1) is 0 Å². The molecule has 0 aromatic heterocycles. The number of nitrogens with zero attached hydrogens (tertiary/aromatic N) is 2. The number of benzene rings is 4. The van der Waals surface area contributed by atoms with Gasteiger partial charge in [-0.25, -0.2) is 9.80 Å². The monoisotopic (exact) mass is 460 g/mol. The first-order chi connectivity index (χ1) is 17.2. The van der Waals surface area contributed by atoms with Gasteiger partial charge in [-0.05, 0) is 55.0 Å². The Labute approximate surface area is 204 Å². The van der Waals surface area contributed by atoms with E-state index in [-0.39, 0.29) is 18.2 Å². The van der Waals surface area contributed by atoms with Gasteiger partial charge >= 0.3 is 5.97 Å². The molecule has 0 saturated carbocycles. The fourth-order valence-electron chi connectivity index (χ4n) is 4.62. The Hall–Kier alpha value is -4.38. The van der Waals surface area contributed by atoms with Crippen LogP contribution in [0.25, 0.3) is 0 Å². The lowest BCUT2D eigenvalue weighted by atomic mass is 9.95. The molecule has 2 aliphatic heterocycles. The molecule has 0 N–H and O–H groups in total. The van der Waals surface area contributed by atoms with Crippen LogP contribution in [0.4, 0.5) is 0 Å². The summed E-state index contributed by atoms with van der Waals surface area (Å²) >= 11 is 0. The highest BCUT2D eigenvalue weighted by Crippen LogP contribution is 2.47. The van der Waals surface area contributed by atoms with Crippen molar-refractivity contribution in [2.24, 2.45) is 5.10 Å². The van der Waals surface area contributed by atoms with E-state index in [2.05, 4.69) is 42.3 Å². The van der Waals surface area contributed by atoms with E-state index in [1.807, 2.05) is 48.5 Å². The fraction of sp³-hybridized carbons (Fsp3) is 0.133. The number of esters is 1. The second-order valence-corrected chi connectivity index (χ2v) is 8.85. The van der Waals surface area contributed by atoms with Crippen LogP contribution < -0.4 is 9.47 Å². The highest BCUT2D eigenvalue weighted by Gasteiger charge is 2.40. The molecule has 2 heterocycles. The second kappa shape index (κ2) is 8.76. The first kappa shape index (κ1) is 21.2. The topological polar surface area (TPSA) is 51.1 Å². The van der Waals surface area contributed by atoms with Crippen molar-refractivity contribution in [1.82, 2.24) is 5.01 Å². The molecule has 5 nitrogen and oxygen atoms in total. The molecule has 0 unspecified atom stereocenters. The van der Waals surface area contributed by atoms with Crippen LogP contribution in [0.3, 0.4) is 0 Å². The summed E-state index contributed by atoms with van der Waals surface area (Å²) in [4.78, 5) is 12.4. The zero-order valence-electron chi connectivity index (χ0n) is 19.3. The molecule has 5 heteroatoms. The number of carbonyl (C=O) groups is 1. The summed E-state index contributed by atoms with van der Waals surface area (Å²) in [5, 5.41) is 7.07. The van der Waals surface area contributed by atoms with E-state index in [1.165, 1.54) is 5.56 Å². The number of hydrogen-bond acceptors (Lipinski definition) is 5. The van der Waals surface area contributed by atoms with Gasteiger partial charge < -0.3 is 9.47 Å². The predicted octanol–water partition coefficient (Wildman–Crippen LogP) is 6.46. The van der Waals surface area contributed by atoms with Gasteiger partial charge in [0.2, 0.25) is 6.23 Å². The number of ether oxygens (including phenoxy) is 2. The molecule has 35 heavy (non-hydrogen) atoms. The molecule has 6 rings (SSSR count). The zero-order chi connectivity index (χ0) is 23.8. The number of aryl methyl sites for hydroxylation is 1. The third-order valence-corrected chi connectivity index (χ3v) is 6.47. The highest BCUT2D eigenvalue weighted by molar-refractivity contribution is 6.02. The van der Waals surface area contributed by atoms with E-state index in [1.54, 1.807) is 24.3 Å². The first-order valence-electron chi connectivity index (χ1n) is 11.7. The maximum absolute atomic E-state index is 12.4. The summed E-state index contributed by atoms with van der Waals surface area (Å²) in [5.74, 6) is 0.979. The van der Waals surface area contributed by atoms with Crippen molar-refractivity contribution in [2.45, 2.75) is 25.6 Å². The quantitative estimate of drug-likeness (QED) is 0.259. The van der Waals surface area contributed by atoms with Crippen LogP contribution >= 0.6 is 0 Å². The second-order valence-electron chi connectivity index (χ2n) is 8.85. The van der Waals surface area contributed by atoms with E-state index < -0.39 is 0 Å². The van der Waals surface area contributed by atoms with E-state index in [4.69, 9.17) is 14.6 Å². The molecule has 0 bridgehead atoms. The van der Waals surface area contributed by atoms with E-state index >= 15 is 0 Å². The molecule has 0 spiro atoms. The Kier molecular flexibility index (Phi) is 5.30. The van der Waals surface area contributed by atoms with Crippen molar-refractivity contribution in [2.75, 3.05) is 0 Å². The molecular weight excluding hydrogens is 436 g/mol. The van der Waals surface area contributed by atoms with Gasteiger partial charge in [0.25, 0.3) is 0 Å². The van der Waals surface area contributed by atoms with Crippen molar-refractivity contribution >= 4 is 11.7 Å². The molecule has 4 aromatic carbocycles. The lowest BCUT2D eigenvalue weighted by molar-refractivity contribution is -0.0190. The number of para-hydroxylation sites is 1. The van der Waals surface area contributed by atoms with Crippen LogP contribution in [-0.2, 0) is 0 Å². The number of rotatable bonds is 4. The zero-order valence-corrected chi connectivity index (χ0v) is 19.3. The lowest BCUT2D eigenvalue weighted by Crippen LogP contribution is -2.33. The third-order valence-electron chi connectivity index (χ3n) is 6.47. The number of hydrazone groups is 1. The lowest BCUT2D eigenvalue weighted by Gasteiger charge is -2.38. The summed E-state index contributed by atoms with van der Waals surface area (Å²) in [6.45, 7) is 2.09. The SMILES string of the molecule is Cc1ccc(C2=NN3[C@@H](C2)c2ccccc2O[C@H]3c2ccc(OC(=O)c3ccccc3)cc2)cc1. The van der Waals surface area contributed by atoms with Crippen molar-refractivity contribution < 1.29 is 14.3 Å². The fourth-order valence-corrected chi connectivity index (χ4v) is 4.62. The molecule has 0 aliphatic carbocycles. The third kappa shape index (κ3) is 4.06. The van der Waals surface area contributed by atoms with Gasteiger partial charge in [0, 0.05) is 17.5 Å². The summed E-state index contributed by atoms with van der Waals surface area (Å²) in [6, 6.07) is 33.2. The van der Waals surface area contributed by atoms with E-state index in [0.29, 0.717) is 11.3 Å². The Balaban J connectivity index is 1.29. The van der Waals surface area contributed by atoms with Crippen LogP contribution in [0.1, 0.15) is 51.3 Å². The van der Waals surface area contributed by atoms with Crippen molar-refractivity contribution in [1.29, 1.82) is 0 Å². The van der Waals surface area contributed by atoms with E-state index in [9.17, 15) is 4.79 Å². The molecule has 0 radical (unpaired) electrons. The molecule has 0 amide bonds. The Morgan fingerprint density at radius 2 is 1.60 bits per heavy atom. The maximum Gasteiger partial charge on any atom is 0.343 e. The summed E-state index contributed by atoms with van der Waals surface area (Å²) in [7, 11) is 0. The highest BCUT2D eigenvalue weighted by atomic mass is 16.5. The van der Waals surface area contributed by atoms with Gasteiger partial charge in [-0.3, -0.25) is 0 Å². The largest absolute Gasteiger partial charge is 0.464 e. The van der Waals surface area contributed by atoms with E-state index in [0.717, 1.165) is 34.6 Å². The van der Waals surface area contributed by atoms with Crippen LogP contribution in [0.2, 0.25) is 0 Å². The normalized spacial score (nSPS) is 18.2. The van der Waals surface area contributed by atoms with Crippen molar-refractivity contribution in [3.05, 3.63) is 131 Å². The maximum atomic E-state index is 12.4. The van der Waals surface area contributed by atoms with Crippen molar-refractivity contribution in [3.63, 3.8) is 0 Å². The summed E-state index contributed by atoms with van der Waals surface area (Å²) < 4.78 is 12.0. The standard InChI is InChI=1S/C30H24N2O3/c1-20-11-13-21(14-12-20)26-19-27-25-9-5-6-10-28(25)35-29(32(27)31-26)22-15-17-24(18-16-22)34-30(33)23-7-3-2-4-8-23/h2-18,27,29H,19H2,1H3/t27-,29-/m0/s1. The van der Waals surface area contributed by atoms with Crippen LogP contribution in [0.5, 0.6) is 11.5 Å². The molecular formula is C30H24N2O3. The van der Waals surface area contributed by atoms with Gasteiger partial charge in [0.1, 0.15) is 11.5 Å². The van der Waals surface area contributed by atoms with Gasteiger partial charge in [0.15, 0.2) is 0 Å². The summed E-state index contributed by atoms with van der Waals surface area (Å²) in [6.07, 6.45) is 0.434. The van der Waals surface area contributed by atoms with Crippen LogP contribution in [0.15, 0.2) is 108 Å². The average molecular weight is 461 g/mol. The molecule has 172 valence electrons. The molecule has 0 saturated heterocycles. The first-order valence-corrected chi connectivity index (χ1v) is 11.7. The van der Waals surface area contributed by atoms with Gasteiger partial charge in [-0.2, -0.15) is 5.10 Å². The van der Waals surface area contributed by atoms with Gasteiger partial charge in [0.05, 0.1) is 17.3 Å². The Morgan fingerprint density at radius 3 is 2.37 bits per heavy atom. The molecule has 2 atom stereocenters.